The molecule has 0 saturated carbocycles. The summed E-state index contributed by atoms with van der Waals surface area (Å²) in [6, 6.07) is 7.63. The van der Waals surface area contributed by atoms with Gasteiger partial charge in [0.15, 0.2) is 6.79 Å². The van der Waals surface area contributed by atoms with Crippen molar-refractivity contribution in [3.05, 3.63) is 30.3 Å². The maximum absolute atomic E-state index is 11.0. The average Bonchev–Trinajstić information content (AvgIpc) is 2.06. The van der Waals surface area contributed by atoms with E-state index in [0.717, 1.165) is 0 Å². The van der Waals surface area contributed by atoms with Crippen LogP contribution in [0.4, 0.5) is 0 Å². The molecule has 0 saturated heterocycles. The van der Waals surface area contributed by atoms with E-state index in [1.165, 1.54) is 12.1 Å². The Hall–Kier alpha value is -0.378. The molecule has 0 aliphatic rings. The zero-order chi connectivity index (χ0) is 9.03. The fourth-order valence-corrected chi connectivity index (χ4v) is 1.49. The van der Waals surface area contributed by atoms with Gasteiger partial charge < -0.3 is 5.11 Å². The molecule has 0 fully saturated rings. The Morgan fingerprint density at radius 3 is 2.23 bits per heavy atom. The van der Waals surface area contributed by atoms with E-state index in [1.807, 2.05) is 0 Å². The van der Waals surface area contributed by atoms with E-state index in [1.54, 1.807) is 18.2 Å². The van der Waals surface area contributed by atoms with E-state index in [9.17, 15) is 8.42 Å². The zero-order valence-corrected chi connectivity index (χ0v) is 8.72. The van der Waals surface area contributed by atoms with Gasteiger partial charge in [-0.1, -0.05) is 18.2 Å². The van der Waals surface area contributed by atoms with Crippen LogP contribution in [0.15, 0.2) is 35.2 Å². The van der Waals surface area contributed by atoms with E-state index >= 15 is 0 Å². The van der Waals surface area contributed by atoms with Crippen molar-refractivity contribution in [2.45, 2.75) is 4.90 Å². The van der Waals surface area contributed by atoms with Crippen LogP contribution in [-0.4, -0.2) is 37.7 Å². The Balaban J connectivity index is 0.00000144. The van der Waals surface area contributed by atoms with Crippen molar-refractivity contribution in [2.24, 2.45) is 0 Å². The molecule has 0 aromatic heterocycles. The summed E-state index contributed by atoms with van der Waals surface area (Å²) in [5.41, 5.74) is 0. The predicted molar refractivity (Wildman–Crippen MR) is 47.6 cm³/mol. The molecule has 0 spiro atoms. The second kappa shape index (κ2) is 5.37. The van der Waals surface area contributed by atoms with Crippen LogP contribution in [0, 0.1) is 0 Å². The summed E-state index contributed by atoms with van der Waals surface area (Å²) in [6.07, 6.45) is 0. The number of rotatable bonds is 3. The molecule has 13 heavy (non-hydrogen) atoms. The lowest BCUT2D eigenvalue weighted by Gasteiger charge is -2.00. The fraction of sp³-hybridized carbons (Fsp3) is 0.143. The van der Waals surface area contributed by atoms with Crippen LogP contribution < -0.4 is 0 Å². The first-order chi connectivity index (χ1) is 5.67. The Labute approximate surface area is 87.4 Å². The third-order valence-corrected chi connectivity index (χ3v) is 2.50. The van der Waals surface area contributed by atoms with Gasteiger partial charge in [0, 0.05) is 17.4 Å². The first-order valence-electron chi connectivity index (χ1n) is 3.22. The van der Waals surface area contributed by atoms with Gasteiger partial charge in [0.05, 0.1) is 4.90 Å². The Morgan fingerprint density at radius 1 is 1.23 bits per heavy atom. The van der Waals surface area contributed by atoms with E-state index in [4.69, 9.17) is 5.11 Å². The summed E-state index contributed by atoms with van der Waals surface area (Å²) in [6.45, 7) is -0.836. The number of hydrogen-bond donors (Lipinski definition) is 1. The number of hydrogen-bond acceptors (Lipinski definition) is 4. The van der Waals surface area contributed by atoms with Crippen molar-refractivity contribution in [1.29, 1.82) is 0 Å². The number of benzene rings is 1. The van der Waals surface area contributed by atoms with Crippen molar-refractivity contribution < 1.29 is 17.7 Å². The number of aliphatic hydroxyl groups excluding tert-OH is 1. The molecule has 0 amide bonds. The molecule has 0 atom stereocenters. The molecule has 1 rings (SSSR count). The molecule has 6 heteroatoms. The Kier molecular flexibility index (Phi) is 5.22. The van der Waals surface area contributed by atoms with Crippen molar-refractivity contribution in [3.8, 4) is 0 Å². The lowest BCUT2D eigenvalue weighted by molar-refractivity contribution is 0.105. The minimum atomic E-state index is -3.76. The molecule has 1 aromatic rings. The molecular weight excluding hydrogens is 207 g/mol. The summed E-state index contributed by atoms with van der Waals surface area (Å²) in [5.74, 6) is 0. The van der Waals surface area contributed by atoms with Gasteiger partial charge in [-0.15, -0.1) is 0 Å². The van der Waals surface area contributed by atoms with E-state index < -0.39 is 16.9 Å². The summed E-state index contributed by atoms with van der Waals surface area (Å²) >= 11 is 0. The monoisotopic (exact) mass is 215 g/mol. The molecule has 0 aliphatic carbocycles. The summed E-state index contributed by atoms with van der Waals surface area (Å²) < 4.78 is 26.2. The van der Waals surface area contributed by atoms with Gasteiger partial charge in [0.25, 0.3) is 10.1 Å². The molecule has 4 nitrogen and oxygen atoms in total. The molecular formula is C7H8AlO4S. The molecule has 0 unspecified atom stereocenters. The van der Waals surface area contributed by atoms with Crippen LogP contribution in [0.25, 0.3) is 0 Å². The SMILES string of the molecule is O=S(=O)(OCO)c1ccccc1.[Al]. The maximum Gasteiger partial charge on any atom is 0.299 e. The van der Waals surface area contributed by atoms with Gasteiger partial charge in [-0.05, 0) is 12.1 Å². The van der Waals surface area contributed by atoms with Gasteiger partial charge in [-0.25, -0.2) is 4.18 Å². The Bertz CT molecular complexity index is 335. The third-order valence-electron chi connectivity index (χ3n) is 1.24. The minimum Gasteiger partial charge on any atom is -0.369 e. The molecule has 1 aromatic carbocycles. The second-order valence-corrected chi connectivity index (χ2v) is 3.63. The molecule has 0 bridgehead atoms. The predicted octanol–water partition coefficient (Wildman–Crippen LogP) is -0.0391. The molecule has 0 heterocycles. The minimum absolute atomic E-state index is 0. The van der Waals surface area contributed by atoms with Crippen LogP contribution in [0.5, 0.6) is 0 Å². The average molecular weight is 215 g/mol. The highest BCUT2D eigenvalue weighted by atomic mass is 32.2. The van der Waals surface area contributed by atoms with Crippen LogP contribution >= 0.6 is 0 Å². The molecule has 69 valence electrons. The lowest BCUT2D eigenvalue weighted by Crippen LogP contribution is -2.06. The van der Waals surface area contributed by atoms with Gasteiger partial charge in [-0.2, -0.15) is 8.42 Å². The van der Waals surface area contributed by atoms with Crippen LogP contribution in [0.1, 0.15) is 0 Å². The van der Waals surface area contributed by atoms with Crippen molar-refractivity contribution in [3.63, 3.8) is 0 Å². The first-order valence-corrected chi connectivity index (χ1v) is 4.63. The quantitative estimate of drug-likeness (QED) is 0.436. The number of aliphatic hydroxyl groups is 1. The van der Waals surface area contributed by atoms with Crippen LogP contribution in [-0.2, 0) is 14.3 Å². The largest absolute Gasteiger partial charge is 0.369 e. The molecule has 1 N–H and O–H groups in total. The highest BCUT2D eigenvalue weighted by molar-refractivity contribution is 7.86. The molecule has 3 radical (unpaired) electrons. The summed E-state index contributed by atoms with van der Waals surface area (Å²) in [5, 5.41) is 8.26. The van der Waals surface area contributed by atoms with Gasteiger partial charge >= 0.3 is 0 Å². The van der Waals surface area contributed by atoms with E-state index in [0.29, 0.717) is 0 Å². The van der Waals surface area contributed by atoms with Crippen molar-refractivity contribution in [1.82, 2.24) is 0 Å². The topological polar surface area (TPSA) is 63.6 Å². The summed E-state index contributed by atoms with van der Waals surface area (Å²) in [4.78, 5) is 0.0408. The third kappa shape index (κ3) is 3.47. The standard InChI is InChI=1S/C7H8O4S.Al/c8-6-11-12(9,10)7-4-2-1-3-5-7;/h1-5,8H,6H2;. The normalized spacial score (nSPS) is 10.5. The lowest BCUT2D eigenvalue weighted by atomic mass is 10.4. The van der Waals surface area contributed by atoms with Gasteiger partial charge in [0.1, 0.15) is 0 Å². The highest BCUT2D eigenvalue weighted by Crippen LogP contribution is 2.09. The van der Waals surface area contributed by atoms with Crippen molar-refractivity contribution >= 4 is 27.5 Å². The van der Waals surface area contributed by atoms with Crippen LogP contribution in [0.2, 0.25) is 0 Å². The fourth-order valence-electron chi connectivity index (χ4n) is 0.725. The van der Waals surface area contributed by atoms with Gasteiger partial charge in [0.2, 0.25) is 0 Å². The Morgan fingerprint density at radius 2 is 1.77 bits per heavy atom. The maximum atomic E-state index is 11.0. The molecule has 0 aliphatic heterocycles. The van der Waals surface area contributed by atoms with Gasteiger partial charge in [-0.3, -0.25) is 0 Å². The summed E-state index contributed by atoms with van der Waals surface area (Å²) in [7, 11) is -3.76. The van der Waals surface area contributed by atoms with E-state index in [-0.39, 0.29) is 22.3 Å². The van der Waals surface area contributed by atoms with Crippen LogP contribution in [0.3, 0.4) is 0 Å². The first kappa shape index (κ1) is 12.6. The van der Waals surface area contributed by atoms with E-state index in [2.05, 4.69) is 4.18 Å². The smallest absolute Gasteiger partial charge is 0.299 e. The zero-order valence-electron chi connectivity index (χ0n) is 6.75. The highest BCUT2D eigenvalue weighted by Gasteiger charge is 2.12. The van der Waals surface area contributed by atoms with Crippen molar-refractivity contribution in [2.75, 3.05) is 6.79 Å². The second-order valence-electron chi connectivity index (χ2n) is 2.01.